The van der Waals surface area contributed by atoms with Gasteiger partial charge in [-0.3, -0.25) is 4.79 Å². The van der Waals surface area contributed by atoms with E-state index in [-0.39, 0.29) is 6.42 Å². The molecule has 1 aromatic heterocycles. The molecule has 1 heterocycles. The zero-order valence-electron chi connectivity index (χ0n) is 8.72. The average molecular weight is 232 g/mol. The molecule has 2 aromatic rings. The predicted octanol–water partition coefficient (Wildman–Crippen LogP) is 3.43. The van der Waals surface area contributed by atoms with Crippen LogP contribution in [-0.2, 0) is 11.2 Å². The van der Waals surface area contributed by atoms with Crippen LogP contribution in [0.15, 0.2) is 41.1 Å². The summed E-state index contributed by atoms with van der Waals surface area (Å²) in [5.41, 5.74) is 3.47. The fourth-order valence-electron chi connectivity index (χ4n) is 1.54. The fourth-order valence-corrected chi connectivity index (χ4v) is 2.21. The van der Waals surface area contributed by atoms with Crippen molar-refractivity contribution in [3.8, 4) is 11.1 Å². The standard InChI is InChI=1S/C13H12O2S/c14-13(15)6-3-10-1-4-11(5-2-10)12-7-8-16-9-12/h1-2,4-5,7-9H,3,6H2,(H,14,15). The van der Waals surface area contributed by atoms with Gasteiger partial charge in [0, 0.05) is 6.42 Å². The molecule has 0 bridgehead atoms. The van der Waals surface area contributed by atoms with E-state index in [0.29, 0.717) is 6.42 Å². The first-order chi connectivity index (χ1) is 7.75. The predicted molar refractivity (Wildman–Crippen MR) is 65.7 cm³/mol. The monoisotopic (exact) mass is 232 g/mol. The Labute approximate surface area is 98.2 Å². The molecule has 2 rings (SSSR count). The number of hydrogen-bond donors (Lipinski definition) is 1. The highest BCUT2D eigenvalue weighted by Gasteiger charge is 2.00. The average Bonchev–Trinajstić information content (AvgIpc) is 2.80. The quantitative estimate of drug-likeness (QED) is 0.876. The zero-order chi connectivity index (χ0) is 11.4. The lowest BCUT2D eigenvalue weighted by molar-refractivity contribution is -0.136. The van der Waals surface area contributed by atoms with Gasteiger partial charge in [0.25, 0.3) is 0 Å². The van der Waals surface area contributed by atoms with Crippen molar-refractivity contribution < 1.29 is 9.90 Å². The van der Waals surface area contributed by atoms with Crippen LogP contribution in [0, 0.1) is 0 Å². The highest BCUT2D eigenvalue weighted by atomic mass is 32.1. The minimum Gasteiger partial charge on any atom is -0.481 e. The molecule has 0 aliphatic rings. The maximum Gasteiger partial charge on any atom is 0.303 e. The molecule has 2 nitrogen and oxygen atoms in total. The lowest BCUT2D eigenvalue weighted by Gasteiger charge is -2.01. The summed E-state index contributed by atoms with van der Waals surface area (Å²) in [5, 5.41) is 12.7. The second kappa shape index (κ2) is 4.94. The number of aliphatic carboxylic acids is 1. The van der Waals surface area contributed by atoms with Crippen LogP contribution in [0.1, 0.15) is 12.0 Å². The molecule has 0 aliphatic carbocycles. The van der Waals surface area contributed by atoms with Gasteiger partial charge in [-0.2, -0.15) is 11.3 Å². The Morgan fingerprint density at radius 3 is 2.44 bits per heavy atom. The lowest BCUT2D eigenvalue weighted by Crippen LogP contribution is -1.97. The van der Waals surface area contributed by atoms with Crippen LogP contribution in [0.2, 0.25) is 0 Å². The number of carbonyl (C=O) groups is 1. The number of carboxylic acids is 1. The maximum absolute atomic E-state index is 10.4. The smallest absolute Gasteiger partial charge is 0.303 e. The Balaban J connectivity index is 2.08. The molecule has 0 unspecified atom stereocenters. The van der Waals surface area contributed by atoms with E-state index in [2.05, 4.69) is 11.4 Å². The molecule has 1 aromatic carbocycles. The van der Waals surface area contributed by atoms with Crippen LogP contribution >= 0.6 is 11.3 Å². The number of carboxylic acid groups (broad SMARTS) is 1. The molecule has 16 heavy (non-hydrogen) atoms. The topological polar surface area (TPSA) is 37.3 Å². The Hall–Kier alpha value is -1.61. The molecular weight excluding hydrogens is 220 g/mol. The summed E-state index contributed by atoms with van der Waals surface area (Å²) in [4.78, 5) is 10.4. The zero-order valence-corrected chi connectivity index (χ0v) is 9.54. The van der Waals surface area contributed by atoms with Crippen LogP contribution in [0.25, 0.3) is 11.1 Å². The summed E-state index contributed by atoms with van der Waals surface area (Å²) in [6, 6.07) is 10.2. The lowest BCUT2D eigenvalue weighted by atomic mass is 10.0. The van der Waals surface area contributed by atoms with Gasteiger partial charge in [0.05, 0.1) is 0 Å². The number of hydrogen-bond acceptors (Lipinski definition) is 2. The first-order valence-electron chi connectivity index (χ1n) is 5.09. The van der Waals surface area contributed by atoms with Crippen molar-refractivity contribution in [2.24, 2.45) is 0 Å². The van der Waals surface area contributed by atoms with Crippen molar-refractivity contribution in [1.29, 1.82) is 0 Å². The molecule has 0 atom stereocenters. The van der Waals surface area contributed by atoms with Gasteiger partial charge in [0.15, 0.2) is 0 Å². The second-order valence-corrected chi connectivity index (χ2v) is 4.38. The van der Waals surface area contributed by atoms with E-state index >= 15 is 0 Å². The Morgan fingerprint density at radius 1 is 1.12 bits per heavy atom. The van der Waals surface area contributed by atoms with Gasteiger partial charge in [-0.25, -0.2) is 0 Å². The van der Waals surface area contributed by atoms with Gasteiger partial charge in [0.1, 0.15) is 0 Å². The van der Waals surface area contributed by atoms with Crippen LogP contribution in [0.5, 0.6) is 0 Å². The molecule has 0 saturated heterocycles. The van der Waals surface area contributed by atoms with Crippen molar-refractivity contribution in [2.45, 2.75) is 12.8 Å². The number of thiophene rings is 1. The first kappa shape index (κ1) is 10.9. The van der Waals surface area contributed by atoms with Crippen LogP contribution < -0.4 is 0 Å². The number of aryl methyl sites for hydroxylation is 1. The van der Waals surface area contributed by atoms with Gasteiger partial charge >= 0.3 is 5.97 Å². The first-order valence-corrected chi connectivity index (χ1v) is 6.03. The third-order valence-corrected chi connectivity index (χ3v) is 3.12. The van der Waals surface area contributed by atoms with Crippen LogP contribution in [0.4, 0.5) is 0 Å². The summed E-state index contributed by atoms with van der Waals surface area (Å²) >= 11 is 1.68. The van der Waals surface area contributed by atoms with E-state index in [4.69, 9.17) is 5.11 Å². The van der Waals surface area contributed by atoms with Gasteiger partial charge in [-0.1, -0.05) is 24.3 Å². The SMILES string of the molecule is O=C(O)CCc1ccc(-c2ccsc2)cc1. The molecule has 0 saturated carbocycles. The van der Waals surface area contributed by atoms with Crippen molar-refractivity contribution in [1.82, 2.24) is 0 Å². The van der Waals surface area contributed by atoms with Gasteiger partial charge < -0.3 is 5.11 Å². The van der Waals surface area contributed by atoms with E-state index in [1.54, 1.807) is 11.3 Å². The third kappa shape index (κ3) is 2.70. The molecule has 3 heteroatoms. The Kier molecular flexibility index (Phi) is 3.37. The maximum atomic E-state index is 10.4. The molecular formula is C13H12O2S. The minimum atomic E-state index is -0.748. The highest BCUT2D eigenvalue weighted by molar-refractivity contribution is 7.08. The van der Waals surface area contributed by atoms with E-state index in [9.17, 15) is 4.79 Å². The van der Waals surface area contributed by atoms with E-state index < -0.39 is 5.97 Å². The van der Waals surface area contributed by atoms with Crippen molar-refractivity contribution >= 4 is 17.3 Å². The molecule has 1 N–H and O–H groups in total. The summed E-state index contributed by atoms with van der Waals surface area (Å²) in [6.45, 7) is 0. The van der Waals surface area contributed by atoms with Gasteiger partial charge in [-0.05, 0) is 39.9 Å². The van der Waals surface area contributed by atoms with Crippen LogP contribution in [-0.4, -0.2) is 11.1 Å². The fraction of sp³-hybridized carbons (Fsp3) is 0.154. The molecule has 0 radical (unpaired) electrons. The molecule has 0 spiro atoms. The van der Waals surface area contributed by atoms with Gasteiger partial charge in [0.2, 0.25) is 0 Å². The molecule has 0 amide bonds. The van der Waals surface area contributed by atoms with Crippen LogP contribution in [0.3, 0.4) is 0 Å². The largest absolute Gasteiger partial charge is 0.481 e. The summed E-state index contributed by atoms with van der Waals surface area (Å²) < 4.78 is 0. The number of rotatable bonds is 4. The molecule has 0 fully saturated rings. The molecule has 82 valence electrons. The van der Waals surface area contributed by atoms with E-state index in [0.717, 1.165) is 5.56 Å². The number of benzene rings is 1. The Bertz CT molecular complexity index is 457. The Morgan fingerprint density at radius 2 is 1.88 bits per heavy atom. The van der Waals surface area contributed by atoms with E-state index in [1.807, 2.05) is 29.6 Å². The normalized spacial score (nSPS) is 10.2. The van der Waals surface area contributed by atoms with Crippen molar-refractivity contribution in [3.05, 3.63) is 46.7 Å². The summed E-state index contributed by atoms with van der Waals surface area (Å²) in [6.07, 6.45) is 0.789. The summed E-state index contributed by atoms with van der Waals surface area (Å²) in [7, 11) is 0. The van der Waals surface area contributed by atoms with E-state index in [1.165, 1.54) is 11.1 Å². The van der Waals surface area contributed by atoms with Crippen molar-refractivity contribution in [3.63, 3.8) is 0 Å². The second-order valence-electron chi connectivity index (χ2n) is 3.60. The summed E-state index contributed by atoms with van der Waals surface area (Å²) in [5.74, 6) is -0.748. The third-order valence-electron chi connectivity index (χ3n) is 2.44. The van der Waals surface area contributed by atoms with Gasteiger partial charge in [-0.15, -0.1) is 0 Å². The van der Waals surface area contributed by atoms with Crippen molar-refractivity contribution in [2.75, 3.05) is 0 Å². The minimum absolute atomic E-state index is 0.192. The molecule has 0 aliphatic heterocycles. The highest BCUT2D eigenvalue weighted by Crippen LogP contribution is 2.22.